The second-order valence-electron chi connectivity index (χ2n) is 3.18. The van der Waals surface area contributed by atoms with E-state index in [0.29, 0.717) is 5.91 Å². The minimum Gasteiger partial charge on any atom is -0.343 e. The third-order valence-electron chi connectivity index (χ3n) is 2.20. The van der Waals surface area contributed by atoms with E-state index in [0.717, 1.165) is 25.9 Å². The van der Waals surface area contributed by atoms with E-state index < -0.39 is 0 Å². The molecule has 1 amide bonds. The maximum Gasteiger partial charge on any atom is 0.222 e. The van der Waals surface area contributed by atoms with Gasteiger partial charge in [-0.15, -0.1) is 0 Å². The van der Waals surface area contributed by atoms with E-state index in [-0.39, 0.29) is 0 Å². The minimum atomic E-state index is 0.360. The van der Waals surface area contributed by atoms with Crippen molar-refractivity contribution in [2.24, 2.45) is 0 Å². The Kier molecular flexibility index (Phi) is 4.51. The second kappa shape index (κ2) is 5.46. The van der Waals surface area contributed by atoms with Crippen molar-refractivity contribution in [1.82, 2.24) is 4.90 Å². The molecule has 0 spiro atoms. The van der Waals surface area contributed by atoms with Gasteiger partial charge in [0.1, 0.15) is 0 Å². The van der Waals surface area contributed by atoms with Crippen molar-refractivity contribution in [3.05, 3.63) is 0 Å². The van der Waals surface area contributed by atoms with Crippen LogP contribution < -0.4 is 0 Å². The lowest BCUT2D eigenvalue weighted by atomic mass is 10.3. The molecule has 0 aromatic rings. The number of nitrogens with zero attached hydrogens (tertiary/aromatic N) is 1. The molecule has 1 rings (SSSR count). The fourth-order valence-corrected chi connectivity index (χ4v) is 1.98. The Bertz CT molecular complexity index is 149. The maximum atomic E-state index is 11.2. The summed E-state index contributed by atoms with van der Waals surface area (Å²) in [4.78, 5) is 13.2. The Balaban J connectivity index is 2.02. The van der Waals surface area contributed by atoms with Crippen LogP contribution in [0.5, 0.6) is 0 Å². The first kappa shape index (κ1) is 9.90. The van der Waals surface area contributed by atoms with E-state index in [1.54, 1.807) is 0 Å². The molecular weight excluding hydrogens is 170 g/mol. The van der Waals surface area contributed by atoms with Gasteiger partial charge in [0.25, 0.3) is 0 Å². The summed E-state index contributed by atoms with van der Waals surface area (Å²) in [5.74, 6) is 1.58. The van der Waals surface area contributed by atoms with E-state index in [1.165, 1.54) is 18.6 Å². The SMILES string of the molecule is CSCCCCN1CCCC1=O. The van der Waals surface area contributed by atoms with Crippen LogP contribution >= 0.6 is 11.8 Å². The smallest absolute Gasteiger partial charge is 0.222 e. The average Bonchev–Trinajstić information content (AvgIpc) is 2.46. The first-order chi connectivity index (χ1) is 5.84. The lowest BCUT2D eigenvalue weighted by Gasteiger charge is -2.14. The van der Waals surface area contributed by atoms with E-state index in [9.17, 15) is 4.79 Å². The molecule has 0 radical (unpaired) electrons. The van der Waals surface area contributed by atoms with E-state index in [2.05, 4.69) is 6.26 Å². The van der Waals surface area contributed by atoms with Gasteiger partial charge in [-0.3, -0.25) is 4.79 Å². The summed E-state index contributed by atoms with van der Waals surface area (Å²) in [6.07, 6.45) is 6.39. The molecule has 2 nitrogen and oxygen atoms in total. The fourth-order valence-electron chi connectivity index (χ4n) is 1.49. The molecule has 1 aliphatic heterocycles. The Labute approximate surface area is 78.7 Å². The highest BCUT2D eigenvalue weighted by molar-refractivity contribution is 7.98. The van der Waals surface area contributed by atoms with Gasteiger partial charge in [0, 0.05) is 19.5 Å². The fraction of sp³-hybridized carbons (Fsp3) is 0.889. The minimum absolute atomic E-state index is 0.360. The monoisotopic (exact) mass is 187 g/mol. The van der Waals surface area contributed by atoms with Gasteiger partial charge in [0.2, 0.25) is 5.91 Å². The van der Waals surface area contributed by atoms with Crippen LogP contribution in [0.1, 0.15) is 25.7 Å². The van der Waals surface area contributed by atoms with Crippen molar-refractivity contribution in [2.75, 3.05) is 25.1 Å². The summed E-state index contributed by atoms with van der Waals surface area (Å²) in [5, 5.41) is 0. The lowest BCUT2D eigenvalue weighted by molar-refractivity contribution is -0.127. The van der Waals surface area contributed by atoms with Gasteiger partial charge in [-0.2, -0.15) is 11.8 Å². The number of rotatable bonds is 5. The highest BCUT2D eigenvalue weighted by atomic mass is 32.2. The summed E-state index contributed by atoms with van der Waals surface area (Å²) in [6.45, 7) is 1.98. The first-order valence-corrected chi connectivity index (χ1v) is 6.00. The Morgan fingerprint density at radius 1 is 1.50 bits per heavy atom. The molecule has 0 bridgehead atoms. The molecule has 0 atom stereocenters. The summed E-state index contributed by atoms with van der Waals surface area (Å²) in [7, 11) is 0. The van der Waals surface area contributed by atoms with Crippen LogP contribution in [0, 0.1) is 0 Å². The molecule has 0 aromatic carbocycles. The molecule has 0 aromatic heterocycles. The maximum absolute atomic E-state index is 11.2. The molecule has 12 heavy (non-hydrogen) atoms. The number of thioether (sulfide) groups is 1. The topological polar surface area (TPSA) is 20.3 Å². The zero-order valence-corrected chi connectivity index (χ0v) is 8.53. The molecule has 70 valence electrons. The van der Waals surface area contributed by atoms with Crippen LogP contribution in [0.3, 0.4) is 0 Å². The molecular formula is C9H17NOS. The highest BCUT2D eigenvalue weighted by Gasteiger charge is 2.18. The predicted molar refractivity (Wildman–Crippen MR) is 53.4 cm³/mol. The van der Waals surface area contributed by atoms with E-state index in [4.69, 9.17) is 0 Å². The van der Waals surface area contributed by atoms with Gasteiger partial charge >= 0.3 is 0 Å². The molecule has 1 fully saturated rings. The zero-order valence-electron chi connectivity index (χ0n) is 7.71. The number of hydrogen-bond acceptors (Lipinski definition) is 2. The molecule has 0 aliphatic carbocycles. The number of likely N-dealkylation sites (tertiary alicyclic amines) is 1. The van der Waals surface area contributed by atoms with Crippen LogP contribution in [0.15, 0.2) is 0 Å². The molecule has 0 saturated carbocycles. The van der Waals surface area contributed by atoms with Gasteiger partial charge in [-0.05, 0) is 31.3 Å². The molecule has 0 unspecified atom stereocenters. The summed E-state index contributed by atoms with van der Waals surface area (Å²) < 4.78 is 0. The largest absolute Gasteiger partial charge is 0.343 e. The molecule has 1 aliphatic rings. The van der Waals surface area contributed by atoms with Crippen LogP contribution in [0.25, 0.3) is 0 Å². The van der Waals surface area contributed by atoms with Crippen molar-refractivity contribution in [2.45, 2.75) is 25.7 Å². The molecule has 1 saturated heterocycles. The van der Waals surface area contributed by atoms with Crippen molar-refractivity contribution < 1.29 is 4.79 Å². The quantitative estimate of drug-likeness (QED) is 0.611. The van der Waals surface area contributed by atoms with Crippen molar-refractivity contribution in [3.8, 4) is 0 Å². The van der Waals surface area contributed by atoms with Gasteiger partial charge in [-0.1, -0.05) is 0 Å². The third-order valence-corrected chi connectivity index (χ3v) is 2.89. The Morgan fingerprint density at radius 3 is 2.92 bits per heavy atom. The first-order valence-electron chi connectivity index (χ1n) is 4.61. The predicted octanol–water partition coefficient (Wildman–Crippen LogP) is 1.75. The summed E-state index contributed by atoms with van der Waals surface area (Å²) in [5.41, 5.74) is 0. The lowest BCUT2D eigenvalue weighted by Crippen LogP contribution is -2.25. The summed E-state index contributed by atoms with van der Waals surface area (Å²) >= 11 is 1.88. The van der Waals surface area contributed by atoms with Gasteiger partial charge < -0.3 is 4.90 Å². The third kappa shape index (κ3) is 3.05. The van der Waals surface area contributed by atoms with Crippen LogP contribution in [0.2, 0.25) is 0 Å². The highest BCUT2D eigenvalue weighted by Crippen LogP contribution is 2.10. The number of carbonyl (C=O) groups excluding carboxylic acids is 1. The number of amides is 1. The Morgan fingerprint density at radius 2 is 2.33 bits per heavy atom. The second-order valence-corrected chi connectivity index (χ2v) is 4.17. The van der Waals surface area contributed by atoms with E-state index >= 15 is 0 Å². The number of carbonyl (C=O) groups is 1. The normalized spacial score (nSPS) is 17.4. The Hall–Kier alpha value is -0.180. The van der Waals surface area contributed by atoms with Crippen molar-refractivity contribution in [3.63, 3.8) is 0 Å². The standard InChI is InChI=1S/C9H17NOS/c1-12-8-3-2-6-10-7-4-5-9(10)11/h2-8H2,1H3. The molecule has 3 heteroatoms. The van der Waals surface area contributed by atoms with Crippen LogP contribution in [-0.2, 0) is 4.79 Å². The molecule has 1 heterocycles. The van der Waals surface area contributed by atoms with Gasteiger partial charge in [-0.25, -0.2) is 0 Å². The van der Waals surface area contributed by atoms with Crippen LogP contribution in [0.4, 0.5) is 0 Å². The summed E-state index contributed by atoms with van der Waals surface area (Å²) in [6, 6.07) is 0. The average molecular weight is 187 g/mol. The number of unbranched alkanes of at least 4 members (excludes halogenated alkanes) is 1. The van der Waals surface area contributed by atoms with Crippen LogP contribution in [-0.4, -0.2) is 35.9 Å². The zero-order chi connectivity index (χ0) is 8.81. The van der Waals surface area contributed by atoms with Crippen molar-refractivity contribution in [1.29, 1.82) is 0 Å². The van der Waals surface area contributed by atoms with E-state index in [1.807, 2.05) is 16.7 Å². The van der Waals surface area contributed by atoms with Crippen molar-refractivity contribution >= 4 is 17.7 Å². The molecule has 0 N–H and O–H groups in total. The van der Waals surface area contributed by atoms with Gasteiger partial charge in [0.15, 0.2) is 0 Å². The number of hydrogen-bond donors (Lipinski definition) is 0. The van der Waals surface area contributed by atoms with Gasteiger partial charge in [0.05, 0.1) is 0 Å².